The molecular weight excluding hydrogens is 304 g/mol. The lowest BCUT2D eigenvalue weighted by Gasteiger charge is -2.31. The molecule has 1 aliphatic heterocycles. The van der Waals surface area contributed by atoms with Crippen molar-refractivity contribution >= 4 is 16.7 Å². The molecule has 0 amide bonds. The Morgan fingerprint density at radius 1 is 1.30 bits per heavy atom. The molecular formula is C17H19F2NO3. The first-order valence-corrected chi connectivity index (χ1v) is 7.58. The second-order valence-electron chi connectivity index (χ2n) is 5.80. The summed E-state index contributed by atoms with van der Waals surface area (Å²) in [6.07, 6.45) is -0.163. The molecule has 0 unspecified atom stereocenters. The Labute approximate surface area is 132 Å². The van der Waals surface area contributed by atoms with Crippen LogP contribution in [0.25, 0.3) is 16.7 Å². The summed E-state index contributed by atoms with van der Waals surface area (Å²) in [6.45, 7) is 5.29. The fourth-order valence-corrected chi connectivity index (χ4v) is 2.65. The Kier molecular flexibility index (Phi) is 4.26. The third-order valence-electron chi connectivity index (χ3n) is 4.04. The predicted molar refractivity (Wildman–Crippen MR) is 84.0 cm³/mol. The zero-order chi connectivity index (χ0) is 16.4. The lowest BCUT2D eigenvalue weighted by atomic mass is 10.1. The van der Waals surface area contributed by atoms with Crippen molar-refractivity contribution in [3.05, 3.63) is 36.6 Å². The second kappa shape index (κ2) is 6.20. The molecule has 0 saturated carbocycles. The first kappa shape index (κ1) is 15.8. The van der Waals surface area contributed by atoms with Crippen molar-refractivity contribution in [1.29, 1.82) is 0 Å². The van der Waals surface area contributed by atoms with E-state index in [1.807, 2.05) is 11.0 Å². The topological polar surface area (TPSA) is 45.8 Å². The Balaban J connectivity index is 1.54. The van der Waals surface area contributed by atoms with Crippen molar-refractivity contribution in [3.63, 3.8) is 0 Å². The van der Waals surface area contributed by atoms with Crippen LogP contribution in [-0.2, 0) is 0 Å². The molecule has 2 aromatic rings. The van der Waals surface area contributed by atoms with Crippen LogP contribution < -0.4 is 4.74 Å². The third-order valence-corrected chi connectivity index (χ3v) is 4.04. The van der Waals surface area contributed by atoms with E-state index in [0.29, 0.717) is 43.3 Å². The summed E-state index contributed by atoms with van der Waals surface area (Å²) in [4.78, 5) is 1.99. The van der Waals surface area contributed by atoms with Crippen molar-refractivity contribution in [2.24, 2.45) is 0 Å². The predicted octanol–water partition coefficient (Wildman–Crippen LogP) is 4.07. The van der Waals surface area contributed by atoms with E-state index in [9.17, 15) is 13.9 Å². The fourth-order valence-electron chi connectivity index (χ4n) is 2.65. The van der Waals surface area contributed by atoms with E-state index in [0.717, 1.165) is 5.39 Å². The van der Waals surface area contributed by atoms with E-state index >= 15 is 0 Å². The van der Waals surface area contributed by atoms with Crippen LogP contribution in [0.3, 0.4) is 0 Å². The van der Waals surface area contributed by atoms with E-state index in [1.54, 1.807) is 18.2 Å². The number of nitrogens with zero attached hydrogens (tertiary/aromatic N) is 1. The highest BCUT2D eigenvalue weighted by molar-refractivity contribution is 5.82. The zero-order valence-corrected chi connectivity index (χ0v) is 12.7. The van der Waals surface area contributed by atoms with Crippen molar-refractivity contribution in [2.75, 3.05) is 26.2 Å². The molecule has 4 nitrogen and oxygen atoms in total. The SMILES string of the molecule is C=C(O)c1cc2cc(OCCN3CCC(F)(F)CC3)ccc2o1. The highest BCUT2D eigenvalue weighted by atomic mass is 19.3. The van der Waals surface area contributed by atoms with Crippen LogP contribution in [0, 0.1) is 0 Å². The van der Waals surface area contributed by atoms with Crippen molar-refractivity contribution < 1.29 is 23.0 Å². The molecule has 0 spiro atoms. The number of furan rings is 1. The molecule has 124 valence electrons. The molecule has 0 atom stereocenters. The number of rotatable bonds is 5. The summed E-state index contributed by atoms with van der Waals surface area (Å²) in [6, 6.07) is 7.05. The Hall–Kier alpha value is -2.08. The van der Waals surface area contributed by atoms with Crippen LogP contribution in [0.15, 0.2) is 35.3 Å². The van der Waals surface area contributed by atoms with E-state index in [2.05, 4.69) is 6.58 Å². The third kappa shape index (κ3) is 3.82. The van der Waals surface area contributed by atoms with Gasteiger partial charge < -0.3 is 14.3 Å². The van der Waals surface area contributed by atoms with Crippen molar-refractivity contribution in [3.8, 4) is 5.75 Å². The lowest BCUT2D eigenvalue weighted by molar-refractivity contribution is -0.0564. The number of piperidine rings is 1. The van der Waals surface area contributed by atoms with Crippen LogP contribution in [0.5, 0.6) is 5.75 Å². The van der Waals surface area contributed by atoms with E-state index in [-0.39, 0.29) is 18.6 Å². The summed E-state index contributed by atoms with van der Waals surface area (Å²) >= 11 is 0. The van der Waals surface area contributed by atoms with Crippen molar-refractivity contribution in [2.45, 2.75) is 18.8 Å². The first-order valence-electron chi connectivity index (χ1n) is 7.58. The zero-order valence-electron chi connectivity index (χ0n) is 12.7. The molecule has 1 N–H and O–H groups in total. The highest BCUT2D eigenvalue weighted by Crippen LogP contribution is 2.28. The van der Waals surface area contributed by atoms with Crippen LogP contribution in [0.4, 0.5) is 8.78 Å². The largest absolute Gasteiger partial charge is 0.505 e. The maximum atomic E-state index is 13.1. The molecule has 0 bridgehead atoms. The minimum Gasteiger partial charge on any atom is -0.505 e. The number of hydrogen-bond donors (Lipinski definition) is 1. The van der Waals surface area contributed by atoms with Gasteiger partial charge >= 0.3 is 0 Å². The molecule has 1 saturated heterocycles. The molecule has 1 aromatic carbocycles. The van der Waals surface area contributed by atoms with Gasteiger partial charge in [0.1, 0.15) is 17.9 Å². The molecule has 23 heavy (non-hydrogen) atoms. The maximum Gasteiger partial charge on any atom is 0.250 e. The van der Waals surface area contributed by atoms with Crippen LogP contribution >= 0.6 is 0 Å². The number of likely N-dealkylation sites (tertiary alicyclic amines) is 1. The van der Waals surface area contributed by atoms with Crippen molar-refractivity contribution in [1.82, 2.24) is 4.90 Å². The average Bonchev–Trinajstić information content (AvgIpc) is 2.92. The summed E-state index contributed by atoms with van der Waals surface area (Å²) < 4.78 is 37.3. The summed E-state index contributed by atoms with van der Waals surface area (Å²) in [5.41, 5.74) is 0.640. The number of benzene rings is 1. The van der Waals surface area contributed by atoms with Gasteiger partial charge in [0.2, 0.25) is 0 Å². The standard InChI is InChI=1S/C17H19F2NO3/c1-12(21)16-11-13-10-14(2-3-15(13)23-16)22-9-8-20-6-4-17(18,19)5-7-20/h2-3,10-11,21H,1,4-9H2. The molecule has 3 rings (SSSR count). The smallest absolute Gasteiger partial charge is 0.250 e. The summed E-state index contributed by atoms with van der Waals surface area (Å²) in [5.74, 6) is -1.63. The summed E-state index contributed by atoms with van der Waals surface area (Å²) in [5, 5.41) is 10.1. The van der Waals surface area contributed by atoms with Crippen LogP contribution in [0.1, 0.15) is 18.6 Å². The normalized spacial score (nSPS) is 18.2. The molecule has 1 fully saturated rings. The molecule has 1 aliphatic rings. The molecule has 0 aliphatic carbocycles. The van der Waals surface area contributed by atoms with Gasteiger partial charge in [0.25, 0.3) is 5.92 Å². The van der Waals surface area contributed by atoms with Gasteiger partial charge in [-0.1, -0.05) is 6.58 Å². The monoisotopic (exact) mass is 323 g/mol. The number of ether oxygens (including phenoxy) is 1. The molecule has 1 aromatic heterocycles. The van der Waals surface area contributed by atoms with Crippen LogP contribution in [-0.4, -0.2) is 42.2 Å². The second-order valence-corrected chi connectivity index (χ2v) is 5.80. The molecule has 2 heterocycles. The van der Waals surface area contributed by atoms with Gasteiger partial charge in [-0.2, -0.15) is 0 Å². The molecule has 6 heteroatoms. The average molecular weight is 323 g/mol. The van der Waals surface area contributed by atoms with Gasteiger partial charge in [-0.05, 0) is 24.3 Å². The first-order chi connectivity index (χ1) is 10.9. The highest BCUT2D eigenvalue weighted by Gasteiger charge is 2.33. The minimum atomic E-state index is -2.52. The lowest BCUT2D eigenvalue weighted by Crippen LogP contribution is -2.41. The molecule has 0 radical (unpaired) electrons. The van der Waals surface area contributed by atoms with Gasteiger partial charge in [-0.25, -0.2) is 8.78 Å². The quantitative estimate of drug-likeness (QED) is 0.843. The Bertz CT molecular complexity index is 701. The number of fused-ring (bicyclic) bond motifs is 1. The van der Waals surface area contributed by atoms with E-state index in [4.69, 9.17) is 9.15 Å². The maximum absolute atomic E-state index is 13.1. The van der Waals surface area contributed by atoms with Gasteiger partial charge in [-0.3, -0.25) is 4.90 Å². The Morgan fingerprint density at radius 2 is 2.04 bits per heavy atom. The fraction of sp³-hybridized carbons (Fsp3) is 0.412. The summed E-state index contributed by atoms with van der Waals surface area (Å²) in [7, 11) is 0. The number of halogens is 2. The number of aliphatic hydroxyl groups excluding tert-OH is 1. The van der Waals surface area contributed by atoms with E-state index < -0.39 is 5.92 Å². The number of aliphatic hydroxyl groups is 1. The van der Waals surface area contributed by atoms with Crippen LogP contribution in [0.2, 0.25) is 0 Å². The van der Waals surface area contributed by atoms with Gasteiger partial charge in [0.15, 0.2) is 11.5 Å². The minimum absolute atomic E-state index is 0.0815. The number of alkyl halides is 2. The Morgan fingerprint density at radius 3 is 2.74 bits per heavy atom. The van der Waals surface area contributed by atoms with Gasteiger partial charge in [-0.15, -0.1) is 0 Å². The van der Waals surface area contributed by atoms with E-state index in [1.165, 1.54) is 0 Å². The van der Waals surface area contributed by atoms with Gasteiger partial charge in [0, 0.05) is 37.9 Å². The number of hydrogen-bond acceptors (Lipinski definition) is 4. The van der Waals surface area contributed by atoms with Gasteiger partial charge in [0.05, 0.1) is 0 Å².